The normalized spacial score (nSPS) is 10.3. The standard InChI is InChI=1S/C19H17N3O3/c1-13(23)21-16-4-3-5-17(10-16)22-12-15(7-9-19(22)24)14-6-8-18(25-2)20-11-14/h3-12H,1-2H3,(H,21,23). The molecule has 0 radical (unpaired) electrons. The first-order chi connectivity index (χ1) is 12.1. The summed E-state index contributed by atoms with van der Waals surface area (Å²) < 4.78 is 6.59. The molecule has 6 nitrogen and oxygen atoms in total. The van der Waals surface area contributed by atoms with Crippen LogP contribution in [0.1, 0.15) is 6.92 Å². The molecule has 0 aliphatic heterocycles. The van der Waals surface area contributed by atoms with E-state index in [1.807, 2.05) is 12.1 Å². The van der Waals surface area contributed by atoms with Crippen LogP contribution in [0, 0.1) is 0 Å². The SMILES string of the molecule is COc1ccc(-c2ccc(=O)n(-c3cccc(NC(C)=O)c3)c2)cn1. The smallest absolute Gasteiger partial charge is 0.255 e. The molecule has 0 bridgehead atoms. The Balaban J connectivity index is 2.02. The average molecular weight is 335 g/mol. The summed E-state index contributed by atoms with van der Waals surface area (Å²) in [4.78, 5) is 27.7. The lowest BCUT2D eigenvalue weighted by molar-refractivity contribution is -0.114. The van der Waals surface area contributed by atoms with E-state index in [9.17, 15) is 9.59 Å². The minimum absolute atomic E-state index is 0.162. The number of methoxy groups -OCH3 is 1. The van der Waals surface area contributed by atoms with E-state index >= 15 is 0 Å². The van der Waals surface area contributed by atoms with Gasteiger partial charge in [-0.15, -0.1) is 0 Å². The zero-order valence-corrected chi connectivity index (χ0v) is 13.9. The Morgan fingerprint density at radius 3 is 2.60 bits per heavy atom. The highest BCUT2D eigenvalue weighted by atomic mass is 16.5. The lowest BCUT2D eigenvalue weighted by Gasteiger charge is -2.10. The molecular weight excluding hydrogens is 318 g/mol. The Morgan fingerprint density at radius 2 is 1.92 bits per heavy atom. The molecule has 0 unspecified atom stereocenters. The number of ether oxygens (including phenoxy) is 1. The number of aromatic nitrogens is 2. The minimum Gasteiger partial charge on any atom is -0.481 e. The van der Waals surface area contributed by atoms with Crippen LogP contribution in [0.15, 0.2) is 65.7 Å². The molecular formula is C19H17N3O3. The molecule has 0 saturated carbocycles. The lowest BCUT2D eigenvalue weighted by atomic mass is 10.1. The van der Waals surface area contributed by atoms with E-state index in [0.29, 0.717) is 17.3 Å². The molecule has 3 aromatic rings. The maximum atomic E-state index is 12.3. The zero-order valence-electron chi connectivity index (χ0n) is 13.9. The number of benzene rings is 1. The molecule has 25 heavy (non-hydrogen) atoms. The Bertz CT molecular complexity index is 962. The summed E-state index contributed by atoms with van der Waals surface area (Å²) in [6, 6.07) is 14.0. The summed E-state index contributed by atoms with van der Waals surface area (Å²) in [5, 5.41) is 2.72. The lowest BCUT2D eigenvalue weighted by Crippen LogP contribution is -2.17. The fraction of sp³-hybridized carbons (Fsp3) is 0.105. The van der Waals surface area contributed by atoms with Gasteiger partial charge in [-0.05, 0) is 30.3 Å². The van der Waals surface area contributed by atoms with E-state index in [1.54, 1.807) is 49.8 Å². The van der Waals surface area contributed by atoms with Gasteiger partial charge in [-0.3, -0.25) is 14.2 Å². The van der Waals surface area contributed by atoms with Crippen LogP contribution < -0.4 is 15.6 Å². The van der Waals surface area contributed by atoms with Gasteiger partial charge in [0.2, 0.25) is 11.8 Å². The Hall–Kier alpha value is -3.41. The number of amides is 1. The Morgan fingerprint density at radius 1 is 1.12 bits per heavy atom. The maximum Gasteiger partial charge on any atom is 0.255 e. The van der Waals surface area contributed by atoms with Crippen LogP contribution in [0.3, 0.4) is 0 Å². The molecule has 0 aliphatic rings. The maximum absolute atomic E-state index is 12.3. The van der Waals surface area contributed by atoms with Gasteiger partial charge in [0.05, 0.1) is 12.8 Å². The summed E-state index contributed by atoms with van der Waals surface area (Å²) in [6.07, 6.45) is 3.44. The van der Waals surface area contributed by atoms with E-state index in [1.165, 1.54) is 17.6 Å². The summed E-state index contributed by atoms with van der Waals surface area (Å²) in [5.74, 6) is 0.364. The molecule has 1 aromatic carbocycles. The highest BCUT2D eigenvalue weighted by Crippen LogP contribution is 2.21. The van der Waals surface area contributed by atoms with Crippen LogP contribution in [-0.4, -0.2) is 22.6 Å². The molecule has 6 heteroatoms. The first kappa shape index (κ1) is 16.4. The number of pyridine rings is 2. The van der Waals surface area contributed by atoms with Gasteiger partial charge in [0.15, 0.2) is 0 Å². The van der Waals surface area contributed by atoms with Crippen molar-refractivity contribution < 1.29 is 9.53 Å². The van der Waals surface area contributed by atoms with E-state index in [-0.39, 0.29) is 11.5 Å². The van der Waals surface area contributed by atoms with Crippen molar-refractivity contribution in [1.82, 2.24) is 9.55 Å². The first-order valence-electron chi connectivity index (χ1n) is 7.68. The molecule has 126 valence electrons. The Kier molecular flexibility index (Phi) is 4.61. The quantitative estimate of drug-likeness (QED) is 0.796. The molecule has 1 N–H and O–H groups in total. The topological polar surface area (TPSA) is 73.2 Å². The van der Waals surface area contributed by atoms with Crippen LogP contribution >= 0.6 is 0 Å². The predicted octanol–water partition coefficient (Wildman–Crippen LogP) is 2.87. The largest absolute Gasteiger partial charge is 0.481 e. The molecule has 1 amide bonds. The third kappa shape index (κ3) is 3.74. The van der Waals surface area contributed by atoms with Crippen molar-refractivity contribution in [3.05, 3.63) is 71.3 Å². The zero-order chi connectivity index (χ0) is 17.8. The molecule has 0 saturated heterocycles. The number of carbonyl (C=O) groups is 1. The molecule has 3 rings (SSSR count). The highest BCUT2D eigenvalue weighted by molar-refractivity contribution is 5.88. The fourth-order valence-electron chi connectivity index (χ4n) is 2.47. The van der Waals surface area contributed by atoms with Crippen molar-refractivity contribution in [2.75, 3.05) is 12.4 Å². The van der Waals surface area contributed by atoms with Crippen LogP contribution in [-0.2, 0) is 4.79 Å². The van der Waals surface area contributed by atoms with E-state index in [4.69, 9.17) is 4.74 Å². The monoisotopic (exact) mass is 335 g/mol. The fourth-order valence-corrected chi connectivity index (χ4v) is 2.47. The Labute approximate surface area is 144 Å². The molecule has 0 aliphatic carbocycles. The molecule has 2 heterocycles. The van der Waals surface area contributed by atoms with E-state index < -0.39 is 0 Å². The molecule has 2 aromatic heterocycles. The van der Waals surface area contributed by atoms with Gasteiger partial charge in [0.1, 0.15) is 0 Å². The van der Waals surface area contributed by atoms with Gasteiger partial charge < -0.3 is 10.1 Å². The third-order valence-electron chi connectivity index (χ3n) is 3.63. The second kappa shape index (κ2) is 7.00. The predicted molar refractivity (Wildman–Crippen MR) is 96.1 cm³/mol. The van der Waals surface area contributed by atoms with Crippen molar-refractivity contribution in [2.45, 2.75) is 6.92 Å². The second-order valence-corrected chi connectivity index (χ2v) is 5.45. The van der Waals surface area contributed by atoms with Crippen molar-refractivity contribution in [3.63, 3.8) is 0 Å². The number of hydrogen-bond acceptors (Lipinski definition) is 4. The third-order valence-corrected chi connectivity index (χ3v) is 3.63. The van der Waals surface area contributed by atoms with Gasteiger partial charge in [-0.25, -0.2) is 4.98 Å². The summed E-state index contributed by atoms with van der Waals surface area (Å²) in [7, 11) is 1.56. The van der Waals surface area contributed by atoms with E-state index in [0.717, 1.165) is 11.1 Å². The van der Waals surface area contributed by atoms with Crippen molar-refractivity contribution >= 4 is 11.6 Å². The first-order valence-corrected chi connectivity index (χ1v) is 7.68. The number of rotatable bonds is 4. The number of nitrogens with one attached hydrogen (secondary N) is 1. The summed E-state index contributed by atoms with van der Waals surface area (Å²) in [6.45, 7) is 1.44. The molecule has 0 spiro atoms. The summed E-state index contributed by atoms with van der Waals surface area (Å²) >= 11 is 0. The van der Waals surface area contributed by atoms with Crippen molar-refractivity contribution in [3.8, 4) is 22.7 Å². The molecule has 0 atom stereocenters. The second-order valence-electron chi connectivity index (χ2n) is 5.45. The minimum atomic E-state index is -0.164. The number of nitrogens with zero attached hydrogens (tertiary/aromatic N) is 2. The van der Waals surface area contributed by atoms with Crippen LogP contribution in [0.2, 0.25) is 0 Å². The number of anilines is 1. The number of hydrogen-bond donors (Lipinski definition) is 1. The van der Waals surface area contributed by atoms with Crippen LogP contribution in [0.25, 0.3) is 16.8 Å². The van der Waals surface area contributed by atoms with Gasteiger partial charge in [-0.1, -0.05) is 6.07 Å². The van der Waals surface area contributed by atoms with Crippen molar-refractivity contribution in [1.29, 1.82) is 0 Å². The number of carbonyl (C=O) groups excluding carboxylic acids is 1. The highest BCUT2D eigenvalue weighted by Gasteiger charge is 2.06. The van der Waals surface area contributed by atoms with Gasteiger partial charge in [0.25, 0.3) is 5.56 Å². The van der Waals surface area contributed by atoms with Gasteiger partial charge >= 0.3 is 0 Å². The van der Waals surface area contributed by atoms with Gasteiger partial charge in [-0.2, -0.15) is 0 Å². The van der Waals surface area contributed by atoms with Crippen molar-refractivity contribution in [2.24, 2.45) is 0 Å². The van der Waals surface area contributed by atoms with Gasteiger partial charge in [0, 0.05) is 48.3 Å². The average Bonchev–Trinajstić information content (AvgIpc) is 2.62. The van der Waals surface area contributed by atoms with Crippen LogP contribution in [0.5, 0.6) is 5.88 Å². The summed E-state index contributed by atoms with van der Waals surface area (Å²) in [5.41, 5.74) is 2.85. The van der Waals surface area contributed by atoms with E-state index in [2.05, 4.69) is 10.3 Å². The van der Waals surface area contributed by atoms with Crippen LogP contribution in [0.4, 0.5) is 5.69 Å². The molecule has 0 fully saturated rings.